The summed E-state index contributed by atoms with van der Waals surface area (Å²) in [5.41, 5.74) is 2.36. The first-order valence-corrected chi connectivity index (χ1v) is 10.0. The van der Waals surface area contributed by atoms with Gasteiger partial charge in [0.05, 0.1) is 17.9 Å². The SMILES string of the molecule is O=C(CS(=O)(=O)C[C@H]1CCCO1)N[C@H]1CCCc2ccccc21. The quantitative estimate of drug-likeness (QED) is 0.889. The van der Waals surface area contributed by atoms with Crippen molar-refractivity contribution in [1.29, 1.82) is 0 Å². The first-order chi connectivity index (χ1) is 11.0. The van der Waals surface area contributed by atoms with Gasteiger partial charge in [0, 0.05) is 6.61 Å². The van der Waals surface area contributed by atoms with Crippen LogP contribution in [0.3, 0.4) is 0 Å². The molecule has 5 nitrogen and oxygen atoms in total. The van der Waals surface area contributed by atoms with Gasteiger partial charge in [-0.05, 0) is 43.2 Å². The molecule has 1 fully saturated rings. The van der Waals surface area contributed by atoms with Crippen LogP contribution in [0.15, 0.2) is 24.3 Å². The summed E-state index contributed by atoms with van der Waals surface area (Å²) in [6, 6.07) is 7.96. The van der Waals surface area contributed by atoms with Gasteiger partial charge in [-0.2, -0.15) is 0 Å². The van der Waals surface area contributed by atoms with E-state index in [1.165, 1.54) is 5.56 Å². The molecule has 1 aliphatic heterocycles. The lowest BCUT2D eigenvalue weighted by atomic mass is 9.88. The highest BCUT2D eigenvalue weighted by atomic mass is 32.2. The lowest BCUT2D eigenvalue weighted by molar-refractivity contribution is -0.119. The number of hydrogen-bond acceptors (Lipinski definition) is 4. The van der Waals surface area contributed by atoms with Crippen LogP contribution in [-0.4, -0.2) is 38.5 Å². The van der Waals surface area contributed by atoms with Crippen LogP contribution in [-0.2, 0) is 25.8 Å². The fraction of sp³-hybridized carbons (Fsp3) is 0.588. The fourth-order valence-electron chi connectivity index (χ4n) is 3.46. The topological polar surface area (TPSA) is 72.5 Å². The molecule has 6 heteroatoms. The normalized spacial score (nSPS) is 24.2. The molecule has 0 bridgehead atoms. The Kier molecular flexibility index (Phi) is 5.02. The highest BCUT2D eigenvalue weighted by molar-refractivity contribution is 7.92. The van der Waals surface area contributed by atoms with E-state index in [4.69, 9.17) is 4.74 Å². The molecule has 1 aromatic rings. The second kappa shape index (κ2) is 7.01. The summed E-state index contributed by atoms with van der Waals surface area (Å²) >= 11 is 0. The van der Waals surface area contributed by atoms with Crippen LogP contribution in [0.4, 0.5) is 0 Å². The van der Waals surface area contributed by atoms with Gasteiger partial charge in [-0.1, -0.05) is 24.3 Å². The van der Waals surface area contributed by atoms with E-state index >= 15 is 0 Å². The Morgan fingerprint density at radius 1 is 1.22 bits per heavy atom. The Morgan fingerprint density at radius 3 is 2.83 bits per heavy atom. The minimum absolute atomic E-state index is 0.0539. The number of carbonyl (C=O) groups excluding carboxylic acids is 1. The average molecular weight is 337 g/mol. The van der Waals surface area contributed by atoms with Gasteiger partial charge in [0.2, 0.25) is 5.91 Å². The van der Waals surface area contributed by atoms with E-state index in [0.717, 1.165) is 37.7 Å². The van der Waals surface area contributed by atoms with Gasteiger partial charge >= 0.3 is 0 Å². The Bertz CT molecular complexity index is 665. The molecule has 23 heavy (non-hydrogen) atoms. The van der Waals surface area contributed by atoms with Crippen molar-refractivity contribution in [3.8, 4) is 0 Å². The van der Waals surface area contributed by atoms with Gasteiger partial charge in [-0.3, -0.25) is 4.79 Å². The van der Waals surface area contributed by atoms with Crippen molar-refractivity contribution in [3.05, 3.63) is 35.4 Å². The van der Waals surface area contributed by atoms with Gasteiger partial charge in [-0.25, -0.2) is 8.42 Å². The van der Waals surface area contributed by atoms with Gasteiger partial charge < -0.3 is 10.1 Å². The molecule has 1 aromatic carbocycles. The van der Waals surface area contributed by atoms with Crippen LogP contribution in [0.5, 0.6) is 0 Å². The highest BCUT2D eigenvalue weighted by Gasteiger charge is 2.27. The van der Waals surface area contributed by atoms with Crippen molar-refractivity contribution in [1.82, 2.24) is 5.32 Å². The molecule has 2 aliphatic rings. The number of hydrogen-bond donors (Lipinski definition) is 1. The van der Waals surface area contributed by atoms with Crippen LogP contribution in [0, 0.1) is 0 Å². The highest BCUT2D eigenvalue weighted by Crippen LogP contribution is 2.29. The van der Waals surface area contributed by atoms with E-state index in [2.05, 4.69) is 11.4 Å². The average Bonchev–Trinajstić information content (AvgIpc) is 2.99. The van der Waals surface area contributed by atoms with Crippen molar-refractivity contribution >= 4 is 15.7 Å². The molecule has 126 valence electrons. The van der Waals surface area contributed by atoms with E-state index < -0.39 is 21.5 Å². The zero-order valence-corrected chi connectivity index (χ0v) is 14.0. The zero-order chi connectivity index (χ0) is 16.3. The van der Waals surface area contributed by atoms with E-state index in [1.54, 1.807) is 0 Å². The van der Waals surface area contributed by atoms with E-state index in [-0.39, 0.29) is 17.9 Å². The number of carbonyl (C=O) groups is 1. The van der Waals surface area contributed by atoms with Crippen LogP contribution in [0.1, 0.15) is 42.9 Å². The minimum Gasteiger partial charge on any atom is -0.377 e. The Hall–Kier alpha value is -1.40. The first kappa shape index (κ1) is 16.5. The van der Waals surface area contributed by atoms with Gasteiger partial charge in [0.25, 0.3) is 0 Å². The van der Waals surface area contributed by atoms with E-state index in [1.807, 2.05) is 18.2 Å². The number of amides is 1. The molecule has 0 unspecified atom stereocenters. The molecule has 0 spiro atoms. The Labute approximate surface area is 137 Å². The summed E-state index contributed by atoms with van der Waals surface area (Å²) in [6.45, 7) is 0.616. The molecule has 2 atom stereocenters. The van der Waals surface area contributed by atoms with Crippen molar-refractivity contribution in [3.63, 3.8) is 0 Å². The number of benzene rings is 1. The first-order valence-electron chi connectivity index (χ1n) is 8.23. The van der Waals surface area contributed by atoms with Crippen LogP contribution in [0.25, 0.3) is 0 Å². The summed E-state index contributed by atoms with van der Waals surface area (Å²) < 4.78 is 29.6. The fourth-order valence-corrected chi connectivity index (χ4v) is 4.89. The van der Waals surface area contributed by atoms with Crippen molar-refractivity contribution in [2.45, 2.75) is 44.2 Å². The second-order valence-electron chi connectivity index (χ2n) is 6.40. The van der Waals surface area contributed by atoms with Gasteiger partial charge in [0.15, 0.2) is 9.84 Å². The lowest BCUT2D eigenvalue weighted by Gasteiger charge is -2.26. The predicted octanol–water partition coefficient (Wildman–Crippen LogP) is 1.77. The summed E-state index contributed by atoms with van der Waals surface area (Å²) in [5.74, 6) is -0.919. The standard InChI is InChI=1S/C17H23NO4S/c19-17(12-23(20,21)11-14-7-4-10-22-14)18-16-9-3-6-13-5-1-2-8-15(13)16/h1-2,5,8,14,16H,3-4,6-7,9-12H2,(H,18,19)/t14-,16+/m1/s1. The maximum Gasteiger partial charge on any atom is 0.235 e. The van der Waals surface area contributed by atoms with Crippen LogP contribution in [0.2, 0.25) is 0 Å². The van der Waals surface area contributed by atoms with Crippen molar-refractivity contribution < 1.29 is 17.9 Å². The molecular weight excluding hydrogens is 314 g/mol. The molecular formula is C17H23NO4S. The van der Waals surface area contributed by atoms with Crippen molar-refractivity contribution in [2.75, 3.05) is 18.1 Å². The predicted molar refractivity (Wildman–Crippen MR) is 87.9 cm³/mol. The smallest absolute Gasteiger partial charge is 0.235 e. The second-order valence-corrected chi connectivity index (χ2v) is 8.51. The maximum atomic E-state index is 12.2. The molecule has 0 aromatic heterocycles. The third-order valence-corrected chi connectivity index (χ3v) is 6.10. The third-order valence-electron chi connectivity index (χ3n) is 4.52. The number of ether oxygens (including phenoxy) is 1. The number of aryl methyl sites for hydroxylation is 1. The molecule has 1 amide bonds. The lowest BCUT2D eigenvalue weighted by Crippen LogP contribution is -2.37. The molecule has 1 heterocycles. The largest absolute Gasteiger partial charge is 0.377 e. The molecule has 1 N–H and O–H groups in total. The van der Waals surface area contributed by atoms with E-state index in [9.17, 15) is 13.2 Å². The Morgan fingerprint density at radius 2 is 2.04 bits per heavy atom. The molecule has 0 saturated carbocycles. The molecule has 0 radical (unpaired) electrons. The third kappa shape index (κ3) is 4.32. The van der Waals surface area contributed by atoms with Crippen molar-refractivity contribution in [2.24, 2.45) is 0 Å². The van der Waals surface area contributed by atoms with Gasteiger partial charge in [-0.15, -0.1) is 0 Å². The maximum absolute atomic E-state index is 12.2. The van der Waals surface area contributed by atoms with E-state index in [0.29, 0.717) is 6.61 Å². The summed E-state index contributed by atoms with van der Waals surface area (Å²) in [7, 11) is -3.43. The minimum atomic E-state index is -3.43. The summed E-state index contributed by atoms with van der Waals surface area (Å²) in [4.78, 5) is 12.2. The van der Waals surface area contributed by atoms with Gasteiger partial charge in [0.1, 0.15) is 5.75 Å². The zero-order valence-electron chi connectivity index (χ0n) is 13.2. The number of sulfone groups is 1. The van der Waals surface area contributed by atoms with Crippen LogP contribution >= 0.6 is 0 Å². The number of fused-ring (bicyclic) bond motifs is 1. The number of rotatable bonds is 5. The molecule has 3 rings (SSSR count). The molecule has 1 saturated heterocycles. The summed E-state index contributed by atoms with van der Waals surface area (Å²) in [6.07, 6.45) is 4.28. The molecule has 1 aliphatic carbocycles. The Balaban J connectivity index is 1.59. The number of nitrogens with one attached hydrogen (secondary N) is 1. The monoisotopic (exact) mass is 337 g/mol. The van der Waals surface area contributed by atoms with Crippen LogP contribution < -0.4 is 5.32 Å². The summed E-state index contributed by atoms with van der Waals surface area (Å²) in [5, 5.41) is 2.90.